The lowest BCUT2D eigenvalue weighted by Crippen LogP contribution is -2.12. The lowest BCUT2D eigenvalue weighted by molar-refractivity contribution is 0.0546. The maximum absolute atomic E-state index is 11.8. The van der Waals surface area contributed by atoms with Gasteiger partial charge in [-0.3, -0.25) is 0 Å². The normalized spacial score (nSPS) is 9.53. The average molecular weight is 260 g/mol. The van der Waals surface area contributed by atoms with Crippen LogP contribution in [0.5, 0.6) is 0 Å². The number of hydrogen-bond donors (Lipinski definition) is 0. The number of benzene rings is 1. The van der Waals surface area contributed by atoms with Crippen molar-refractivity contribution in [1.29, 1.82) is 0 Å². The highest BCUT2D eigenvalue weighted by Gasteiger charge is 2.17. The third-order valence-corrected chi connectivity index (χ3v) is 2.44. The maximum atomic E-state index is 11.8. The summed E-state index contributed by atoms with van der Waals surface area (Å²) >= 11 is 0. The molecule has 100 valence electrons. The number of carbonyl (C=O) groups excluding carboxylic acids is 2. The molecule has 0 unspecified atom stereocenters. The molecule has 0 bridgehead atoms. The van der Waals surface area contributed by atoms with E-state index in [2.05, 4.69) is 13.2 Å². The van der Waals surface area contributed by atoms with E-state index in [-0.39, 0.29) is 13.2 Å². The topological polar surface area (TPSA) is 52.6 Å². The molecule has 1 aromatic carbocycles. The van der Waals surface area contributed by atoms with Gasteiger partial charge in [-0.05, 0) is 24.6 Å². The molecular weight excluding hydrogens is 244 g/mol. The van der Waals surface area contributed by atoms with Crippen LogP contribution in [0.3, 0.4) is 0 Å². The van der Waals surface area contributed by atoms with Gasteiger partial charge in [-0.25, -0.2) is 9.59 Å². The zero-order chi connectivity index (χ0) is 14.3. The Bertz CT molecular complexity index is 461. The first kappa shape index (κ1) is 14.7. The average Bonchev–Trinajstić information content (AvgIpc) is 2.42. The number of hydrogen-bond acceptors (Lipinski definition) is 4. The Labute approximate surface area is 112 Å². The monoisotopic (exact) mass is 260 g/mol. The first-order chi connectivity index (χ1) is 9.11. The summed E-state index contributed by atoms with van der Waals surface area (Å²) < 4.78 is 9.90. The summed E-state index contributed by atoms with van der Waals surface area (Å²) in [5, 5.41) is 0. The molecule has 1 rings (SSSR count). The second-order valence-corrected chi connectivity index (χ2v) is 3.75. The van der Waals surface area contributed by atoms with Crippen LogP contribution >= 0.6 is 0 Å². The SMILES string of the molecule is C=CCOC(=O)c1cccc(C(=O)OCC=C)c1C. The maximum Gasteiger partial charge on any atom is 0.338 e. The predicted octanol–water partition coefficient (Wildman–Crippen LogP) is 2.68. The van der Waals surface area contributed by atoms with Crippen molar-refractivity contribution < 1.29 is 19.1 Å². The van der Waals surface area contributed by atoms with Crippen molar-refractivity contribution in [2.45, 2.75) is 6.92 Å². The van der Waals surface area contributed by atoms with Crippen molar-refractivity contribution in [3.05, 3.63) is 60.2 Å². The van der Waals surface area contributed by atoms with Crippen LogP contribution in [0.25, 0.3) is 0 Å². The molecule has 0 saturated heterocycles. The summed E-state index contributed by atoms with van der Waals surface area (Å²) in [6.07, 6.45) is 2.96. The number of carbonyl (C=O) groups is 2. The molecule has 0 spiro atoms. The van der Waals surface area contributed by atoms with Crippen LogP contribution in [0.2, 0.25) is 0 Å². The van der Waals surface area contributed by atoms with E-state index >= 15 is 0 Å². The minimum Gasteiger partial charge on any atom is -0.458 e. The Morgan fingerprint density at radius 3 is 1.84 bits per heavy atom. The highest BCUT2D eigenvalue weighted by molar-refractivity contribution is 5.97. The predicted molar refractivity (Wildman–Crippen MR) is 72.1 cm³/mol. The van der Waals surface area contributed by atoms with Crippen LogP contribution in [0.15, 0.2) is 43.5 Å². The Morgan fingerprint density at radius 1 is 1.05 bits per heavy atom. The molecular formula is C15H16O4. The third-order valence-electron chi connectivity index (χ3n) is 2.44. The lowest BCUT2D eigenvalue weighted by atomic mass is 10.0. The van der Waals surface area contributed by atoms with Crippen molar-refractivity contribution in [2.75, 3.05) is 13.2 Å². The third kappa shape index (κ3) is 3.81. The summed E-state index contributed by atoms with van der Waals surface area (Å²) in [7, 11) is 0. The summed E-state index contributed by atoms with van der Waals surface area (Å²) in [6.45, 7) is 8.87. The van der Waals surface area contributed by atoms with E-state index in [9.17, 15) is 9.59 Å². The van der Waals surface area contributed by atoms with Gasteiger partial charge >= 0.3 is 11.9 Å². The van der Waals surface area contributed by atoms with Crippen LogP contribution in [0.4, 0.5) is 0 Å². The Kier molecular flexibility index (Phi) is 5.54. The minimum absolute atomic E-state index is 0.128. The van der Waals surface area contributed by atoms with Gasteiger partial charge < -0.3 is 9.47 Å². The van der Waals surface area contributed by atoms with Crippen molar-refractivity contribution in [1.82, 2.24) is 0 Å². The Morgan fingerprint density at radius 2 is 1.47 bits per heavy atom. The van der Waals surface area contributed by atoms with Crippen molar-refractivity contribution in [2.24, 2.45) is 0 Å². The first-order valence-corrected chi connectivity index (χ1v) is 5.77. The number of esters is 2. The van der Waals surface area contributed by atoms with E-state index in [4.69, 9.17) is 9.47 Å². The molecule has 0 saturated carbocycles. The van der Waals surface area contributed by atoms with Crippen molar-refractivity contribution in [3.63, 3.8) is 0 Å². The molecule has 0 atom stereocenters. The fourth-order valence-electron chi connectivity index (χ4n) is 1.50. The van der Waals surface area contributed by atoms with Crippen molar-refractivity contribution in [3.8, 4) is 0 Å². The number of rotatable bonds is 6. The smallest absolute Gasteiger partial charge is 0.338 e. The molecule has 4 heteroatoms. The van der Waals surface area contributed by atoms with E-state index in [1.807, 2.05) is 0 Å². The van der Waals surface area contributed by atoms with E-state index in [1.54, 1.807) is 25.1 Å². The van der Waals surface area contributed by atoms with Gasteiger partial charge in [0.15, 0.2) is 0 Å². The highest BCUT2D eigenvalue weighted by atomic mass is 16.5. The van der Waals surface area contributed by atoms with E-state index in [0.29, 0.717) is 16.7 Å². The van der Waals surface area contributed by atoms with Crippen LogP contribution in [-0.2, 0) is 9.47 Å². The van der Waals surface area contributed by atoms with Gasteiger partial charge in [0.1, 0.15) is 13.2 Å². The molecule has 19 heavy (non-hydrogen) atoms. The Balaban J connectivity index is 2.97. The fraction of sp³-hybridized carbons (Fsp3) is 0.200. The molecule has 1 aromatic rings. The highest BCUT2D eigenvalue weighted by Crippen LogP contribution is 2.16. The Hall–Kier alpha value is -2.36. The van der Waals surface area contributed by atoms with Gasteiger partial charge in [0.2, 0.25) is 0 Å². The molecule has 0 aliphatic carbocycles. The lowest BCUT2D eigenvalue weighted by Gasteiger charge is -2.09. The van der Waals surface area contributed by atoms with E-state index < -0.39 is 11.9 Å². The quantitative estimate of drug-likeness (QED) is 0.583. The number of ether oxygens (including phenoxy) is 2. The molecule has 0 aromatic heterocycles. The largest absolute Gasteiger partial charge is 0.458 e. The second kappa shape index (κ2) is 7.16. The van der Waals surface area contributed by atoms with Gasteiger partial charge in [-0.15, -0.1) is 0 Å². The molecule has 0 aliphatic rings. The zero-order valence-corrected chi connectivity index (χ0v) is 10.8. The van der Waals surface area contributed by atoms with Gasteiger partial charge in [0.05, 0.1) is 11.1 Å². The minimum atomic E-state index is -0.490. The summed E-state index contributed by atoms with van der Waals surface area (Å²) in [5.41, 5.74) is 1.22. The van der Waals surface area contributed by atoms with Gasteiger partial charge in [0, 0.05) is 0 Å². The zero-order valence-electron chi connectivity index (χ0n) is 10.8. The standard InChI is InChI=1S/C15H16O4/c1-4-9-18-14(16)12-7-6-8-13(11(12)3)15(17)19-10-5-2/h4-8H,1-2,9-10H2,3H3. The van der Waals surface area contributed by atoms with Crippen LogP contribution in [-0.4, -0.2) is 25.2 Å². The molecule has 0 aliphatic heterocycles. The van der Waals surface area contributed by atoms with Gasteiger partial charge in [-0.1, -0.05) is 31.4 Å². The fourth-order valence-corrected chi connectivity index (χ4v) is 1.50. The molecule has 0 amide bonds. The van der Waals surface area contributed by atoms with E-state index in [0.717, 1.165) is 0 Å². The van der Waals surface area contributed by atoms with Crippen LogP contribution < -0.4 is 0 Å². The molecule has 0 fully saturated rings. The summed E-state index contributed by atoms with van der Waals surface area (Å²) in [5.74, 6) is -0.980. The molecule has 0 N–H and O–H groups in total. The first-order valence-electron chi connectivity index (χ1n) is 5.77. The van der Waals surface area contributed by atoms with Gasteiger partial charge in [-0.2, -0.15) is 0 Å². The van der Waals surface area contributed by atoms with Gasteiger partial charge in [0.25, 0.3) is 0 Å². The van der Waals surface area contributed by atoms with Crippen molar-refractivity contribution >= 4 is 11.9 Å². The molecule has 0 radical (unpaired) electrons. The second-order valence-electron chi connectivity index (χ2n) is 3.75. The summed E-state index contributed by atoms with van der Waals surface area (Å²) in [4.78, 5) is 23.5. The van der Waals surface area contributed by atoms with E-state index in [1.165, 1.54) is 12.2 Å². The molecule has 4 nitrogen and oxygen atoms in total. The van der Waals surface area contributed by atoms with Crippen LogP contribution in [0.1, 0.15) is 26.3 Å². The molecule has 0 heterocycles. The van der Waals surface area contributed by atoms with Crippen LogP contribution in [0, 0.1) is 6.92 Å². The summed E-state index contributed by atoms with van der Waals surface area (Å²) in [6, 6.07) is 4.82.